The maximum absolute atomic E-state index is 11.3. The van der Waals surface area contributed by atoms with Crippen LogP contribution in [0.4, 0.5) is 0 Å². The number of aliphatic hydroxyl groups is 1. The minimum absolute atomic E-state index is 0.0733. The van der Waals surface area contributed by atoms with Crippen molar-refractivity contribution in [1.82, 2.24) is 0 Å². The van der Waals surface area contributed by atoms with Gasteiger partial charge in [0.05, 0.1) is 6.61 Å². The molecule has 0 radical (unpaired) electrons. The van der Waals surface area contributed by atoms with E-state index in [1.807, 2.05) is 0 Å². The molecule has 0 unspecified atom stereocenters. The summed E-state index contributed by atoms with van der Waals surface area (Å²) in [6, 6.07) is 3.65. The minimum atomic E-state index is -0.900. The monoisotopic (exact) mass is 246 g/mol. The van der Waals surface area contributed by atoms with Crippen LogP contribution in [0.15, 0.2) is 28.4 Å². The summed E-state index contributed by atoms with van der Waals surface area (Å²) in [5.41, 5.74) is 16.4. The Hall–Kier alpha value is -2.86. The van der Waals surface area contributed by atoms with Crippen molar-refractivity contribution in [3.8, 4) is 0 Å². The Labute approximate surface area is 99.9 Å². The highest BCUT2D eigenvalue weighted by Crippen LogP contribution is 2.13. The van der Waals surface area contributed by atoms with Gasteiger partial charge in [0.1, 0.15) is 0 Å². The van der Waals surface area contributed by atoms with Gasteiger partial charge in [-0.05, 0) is 45.1 Å². The summed E-state index contributed by atoms with van der Waals surface area (Å²) >= 11 is 0. The molecule has 1 aromatic rings. The van der Waals surface area contributed by atoms with Crippen molar-refractivity contribution in [1.29, 1.82) is 0 Å². The van der Waals surface area contributed by atoms with Crippen LogP contribution in [0.1, 0.15) is 26.3 Å². The third-order valence-electron chi connectivity index (χ3n) is 1.94. The van der Waals surface area contributed by atoms with E-state index in [0.29, 0.717) is 0 Å². The van der Waals surface area contributed by atoms with Crippen molar-refractivity contribution < 1.29 is 14.7 Å². The van der Waals surface area contributed by atoms with Gasteiger partial charge in [-0.15, -0.1) is 0 Å². The van der Waals surface area contributed by atoms with Gasteiger partial charge in [0.25, 0.3) is 0 Å². The molecule has 0 atom stereocenters. The van der Waals surface area contributed by atoms with Gasteiger partial charge < -0.3 is 5.11 Å². The number of benzene rings is 1. The minimum Gasteiger partial charge on any atom is -0.392 e. The summed E-state index contributed by atoms with van der Waals surface area (Å²) in [7, 11) is 0. The largest absolute Gasteiger partial charge is 0.392 e. The average Bonchev–Trinajstić information content (AvgIpc) is 2.38. The lowest BCUT2D eigenvalue weighted by Crippen LogP contribution is -2.02. The van der Waals surface area contributed by atoms with E-state index in [1.54, 1.807) is 0 Å². The number of hydrogen-bond donors (Lipinski definition) is 1. The third-order valence-corrected chi connectivity index (χ3v) is 1.94. The second-order valence-corrected chi connectivity index (χ2v) is 3.07. The van der Waals surface area contributed by atoms with Crippen LogP contribution >= 0.6 is 0 Å². The molecule has 90 valence electrons. The second-order valence-electron chi connectivity index (χ2n) is 3.07. The summed E-state index contributed by atoms with van der Waals surface area (Å²) in [5, 5.41) is 14.7. The van der Waals surface area contributed by atoms with Gasteiger partial charge in [-0.3, -0.25) is 9.59 Å². The third kappa shape index (κ3) is 3.06. The summed E-state index contributed by atoms with van der Waals surface area (Å²) in [4.78, 5) is 27.3. The fourth-order valence-electron chi connectivity index (χ4n) is 1.23. The Morgan fingerprint density at radius 3 is 1.83 bits per heavy atom. The molecule has 0 fully saturated rings. The zero-order chi connectivity index (χ0) is 13.5. The first-order valence-corrected chi connectivity index (χ1v) is 4.56. The fraction of sp³-hybridized carbons (Fsp3) is 0.111. The molecule has 0 bridgehead atoms. The van der Waals surface area contributed by atoms with E-state index in [9.17, 15) is 9.59 Å². The van der Waals surface area contributed by atoms with Crippen molar-refractivity contribution in [2.75, 3.05) is 0 Å². The van der Waals surface area contributed by atoms with E-state index >= 15 is 0 Å². The Kier molecular flexibility index (Phi) is 4.42. The number of aliphatic hydroxyl groups excluding tert-OH is 1. The molecule has 18 heavy (non-hydrogen) atoms. The highest BCUT2D eigenvalue weighted by Gasteiger charge is 2.11. The molecular formula is C9H6N6O3. The SMILES string of the molecule is [N-]=[N+]=NC(=O)c1cc(CO)cc(C(=O)N=[N+]=[N-])c1. The molecule has 0 saturated carbocycles. The van der Waals surface area contributed by atoms with Gasteiger partial charge in [0.15, 0.2) is 0 Å². The van der Waals surface area contributed by atoms with Crippen molar-refractivity contribution >= 4 is 11.8 Å². The Morgan fingerprint density at radius 2 is 1.50 bits per heavy atom. The average molecular weight is 246 g/mol. The van der Waals surface area contributed by atoms with Crippen LogP contribution in [-0.2, 0) is 6.61 Å². The van der Waals surface area contributed by atoms with Crippen molar-refractivity contribution in [3.05, 3.63) is 55.8 Å². The number of hydrogen-bond acceptors (Lipinski definition) is 3. The number of rotatable bonds is 3. The first-order valence-electron chi connectivity index (χ1n) is 4.56. The van der Waals surface area contributed by atoms with E-state index < -0.39 is 18.4 Å². The predicted octanol–water partition coefficient (Wildman–Crippen LogP) is 2.08. The van der Waals surface area contributed by atoms with Gasteiger partial charge in [0, 0.05) is 21.0 Å². The topological polar surface area (TPSA) is 152 Å². The van der Waals surface area contributed by atoms with Crippen LogP contribution in [0.3, 0.4) is 0 Å². The molecule has 1 rings (SSSR count). The summed E-state index contributed by atoms with van der Waals surface area (Å²) in [6.07, 6.45) is 0. The van der Waals surface area contributed by atoms with Crippen LogP contribution < -0.4 is 0 Å². The van der Waals surface area contributed by atoms with E-state index in [2.05, 4.69) is 20.1 Å². The molecule has 0 heterocycles. The number of azide groups is 2. The van der Waals surface area contributed by atoms with Crippen LogP contribution in [0.2, 0.25) is 0 Å². The normalized spacial score (nSPS) is 8.94. The molecule has 9 heteroatoms. The van der Waals surface area contributed by atoms with E-state index in [1.165, 1.54) is 12.1 Å². The molecule has 2 amide bonds. The van der Waals surface area contributed by atoms with Gasteiger partial charge in [-0.1, -0.05) is 0 Å². The van der Waals surface area contributed by atoms with Crippen molar-refractivity contribution in [2.24, 2.45) is 10.2 Å². The van der Waals surface area contributed by atoms with Gasteiger partial charge in [-0.25, -0.2) is 0 Å². The molecule has 1 aromatic carbocycles. The molecule has 0 aromatic heterocycles. The number of carbonyl (C=O) groups excluding carboxylic acids is 2. The summed E-state index contributed by atoms with van der Waals surface area (Å²) in [5.74, 6) is -1.80. The molecular weight excluding hydrogens is 240 g/mol. The van der Waals surface area contributed by atoms with Crippen LogP contribution in [0, 0.1) is 0 Å². The standard InChI is InChI=1S/C9H6N6O3/c10-14-12-8(17)6-1-5(4-16)2-7(3-6)9(18)13-15-11/h1-3,16H,4H2. The lowest BCUT2D eigenvalue weighted by molar-refractivity contribution is 0.0999. The van der Waals surface area contributed by atoms with E-state index in [4.69, 9.17) is 16.2 Å². The fourth-order valence-corrected chi connectivity index (χ4v) is 1.23. The second kappa shape index (κ2) is 6.02. The van der Waals surface area contributed by atoms with Crippen LogP contribution in [0.5, 0.6) is 0 Å². The first-order chi connectivity index (χ1) is 8.62. The Morgan fingerprint density at radius 1 is 1.06 bits per heavy atom. The first kappa shape index (κ1) is 13.2. The van der Waals surface area contributed by atoms with Crippen LogP contribution in [0.25, 0.3) is 20.9 Å². The van der Waals surface area contributed by atoms with Gasteiger partial charge in [0.2, 0.25) is 11.8 Å². The molecule has 0 spiro atoms. The molecule has 0 saturated heterocycles. The highest BCUT2D eigenvalue weighted by atomic mass is 16.3. The maximum atomic E-state index is 11.3. The quantitative estimate of drug-likeness (QED) is 0.493. The van der Waals surface area contributed by atoms with Gasteiger partial charge >= 0.3 is 0 Å². The zero-order valence-electron chi connectivity index (χ0n) is 8.89. The number of nitrogens with zero attached hydrogens (tertiary/aromatic N) is 6. The molecule has 1 N–H and O–H groups in total. The molecule has 0 aliphatic rings. The van der Waals surface area contributed by atoms with E-state index in [0.717, 1.165) is 6.07 Å². The van der Waals surface area contributed by atoms with E-state index in [-0.39, 0.29) is 16.7 Å². The zero-order valence-corrected chi connectivity index (χ0v) is 8.89. The maximum Gasteiger partial charge on any atom is 0.249 e. The molecule has 9 nitrogen and oxygen atoms in total. The van der Waals surface area contributed by atoms with Crippen molar-refractivity contribution in [3.63, 3.8) is 0 Å². The van der Waals surface area contributed by atoms with Crippen molar-refractivity contribution in [2.45, 2.75) is 6.61 Å². The Bertz CT molecular complexity index is 550. The number of carbonyl (C=O) groups is 2. The molecule has 0 aliphatic heterocycles. The van der Waals surface area contributed by atoms with Gasteiger partial charge in [-0.2, -0.15) is 0 Å². The number of amides is 2. The highest BCUT2D eigenvalue weighted by molar-refractivity contribution is 6.00. The Balaban J connectivity index is 3.33. The molecule has 0 aliphatic carbocycles. The smallest absolute Gasteiger partial charge is 0.249 e. The van der Waals surface area contributed by atoms with Crippen LogP contribution in [-0.4, -0.2) is 16.9 Å². The summed E-state index contributed by atoms with van der Waals surface area (Å²) < 4.78 is 0. The lowest BCUT2D eigenvalue weighted by Gasteiger charge is -2.03. The predicted molar refractivity (Wildman–Crippen MR) is 59.3 cm³/mol. The summed E-state index contributed by atoms with van der Waals surface area (Å²) in [6.45, 7) is -0.423. The lowest BCUT2D eigenvalue weighted by atomic mass is 10.1.